The summed E-state index contributed by atoms with van der Waals surface area (Å²) in [5, 5.41) is 3.11. The molecule has 8 heteroatoms. The number of carbonyl (C=O) groups is 2. The smallest absolute Gasteiger partial charge is 0.310 e. The van der Waals surface area contributed by atoms with Crippen LogP contribution >= 0.6 is 11.3 Å². The molecule has 7 nitrogen and oxygen atoms in total. The Labute approximate surface area is 265 Å². The lowest BCUT2D eigenvalue weighted by atomic mass is 9.85. The van der Waals surface area contributed by atoms with Gasteiger partial charge in [0.05, 0.1) is 11.6 Å². The van der Waals surface area contributed by atoms with E-state index in [-0.39, 0.29) is 17.8 Å². The van der Waals surface area contributed by atoms with Gasteiger partial charge in [0.25, 0.3) is 5.91 Å². The third-order valence-electron chi connectivity index (χ3n) is 9.30. The number of anilines is 1. The third-order valence-corrected chi connectivity index (χ3v) is 10.2. The number of ether oxygens (including phenoxy) is 2. The summed E-state index contributed by atoms with van der Waals surface area (Å²) in [6.45, 7) is 13.7. The number of benzene rings is 2. The molecule has 0 N–H and O–H groups in total. The Bertz CT molecular complexity index is 1510. The second kappa shape index (κ2) is 12.5. The molecule has 1 aliphatic carbocycles. The molecule has 3 heterocycles. The monoisotopic (exact) mass is 615 g/mol. The van der Waals surface area contributed by atoms with Gasteiger partial charge in [-0.15, -0.1) is 11.3 Å². The van der Waals surface area contributed by atoms with Crippen molar-refractivity contribution in [2.24, 2.45) is 17.8 Å². The number of amides is 1. The largest absolute Gasteiger partial charge is 0.488 e. The zero-order valence-electron chi connectivity index (χ0n) is 26.7. The highest BCUT2D eigenvalue weighted by Crippen LogP contribution is 2.45. The predicted octanol–water partition coefficient (Wildman–Crippen LogP) is 7.44. The van der Waals surface area contributed by atoms with Crippen LogP contribution in [0, 0.1) is 31.6 Å². The van der Waals surface area contributed by atoms with Crippen LogP contribution in [0.4, 0.5) is 5.13 Å². The van der Waals surface area contributed by atoms with E-state index in [0.717, 1.165) is 96.3 Å². The number of carbonyl (C=O) groups excluding carboxylic acids is 2. The van der Waals surface area contributed by atoms with Crippen molar-refractivity contribution in [3.05, 3.63) is 64.0 Å². The lowest BCUT2D eigenvalue weighted by Crippen LogP contribution is -2.46. The highest BCUT2D eigenvalue weighted by molar-refractivity contribution is 7.14. The number of hydrogen-bond donors (Lipinski definition) is 0. The van der Waals surface area contributed by atoms with Gasteiger partial charge in [-0.2, -0.15) is 0 Å². The van der Waals surface area contributed by atoms with Gasteiger partial charge in [0.2, 0.25) is 0 Å². The molecule has 3 fully saturated rings. The van der Waals surface area contributed by atoms with E-state index in [1.165, 1.54) is 6.42 Å². The van der Waals surface area contributed by atoms with Gasteiger partial charge in [-0.05, 0) is 114 Å². The van der Waals surface area contributed by atoms with Crippen molar-refractivity contribution in [3.8, 4) is 17.0 Å². The number of likely N-dealkylation sites (tertiary alicyclic amines) is 1. The molecule has 2 unspecified atom stereocenters. The molecule has 234 valence electrons. The molecule has 2 atom stereocenters. The molecule has 2 aliphatic heterocycles. The number of fused-ring (bicyclic) bond motifs is 2. The Hall–Kier alpha value is -3.39. The lowest BCUT2D eigenvalue weighted by molar-refractivity contribution is -0.163. The maximum absolute atomic E-state index is 13.0. The van der Waals surface area contributed by atoms with E-state index in [1.807, 2.05) is 56.9 Å². The average Bonchev–Trinajstić information content (AvgIpc) is 3.59. The summed E-state index contributed by atoms with van der Waals surface area (Å²) < 4.78 is 12.2. The molecule has 2 bridgehead atoms. The molecule has 0 spiro atoms. The minimum Gasteiger partial charge on any atom is -0.488 e. The van der Waals surface area contributed by atoms with Crippen molar-refractivity contribution < 1.29 is 19.1 Å². The van der Waals surface area contributed by atoms with E-state index in [4.69, 9.17) is 14.5 Å². The normalized spacial score (nSPS) is 21.8. The average molecular weight is 616 g/mol. The van der Waals surface area contributed by atoms with Crippen LogP contribution in [0.25, 0.3) is 11.3 Å². The molecule has 2 aromatic carbocycles. The first kappa shape index (κ1) is 30.6. The quantitative estimate of drug-likeness (QED) is 0.257. The van der Waals surface area contributed by atoms with Crippen LogP contribution < -0.4 is 9.64 Å². The number of aromatic nitrogens is 1. The van der Waals surface area contributed by atoms with Gasteiger partial charge < -0.3 is 19.3 Å². The summed E-state index contributed by atoms with van der Waals surface area (Å²) in [5.41, 5.74) is 5.45. The fourth-order valence-corrected chi connectivity index (χ4v) is 7.91. The minimum absolute atomic E-state index is 0.0119. The highest BCUT2D eigenvalue weighted by atomic mass is 32.1. The van der Waals surface area contributed by atoms with Gasteiger partial charge in [0.15, 0.2) is 5.13 Å². The van der Waals surface area contributed by atoms with E-state index in [2.05, 4.69) is 29.3 Å². The summed E-state index contributed by atoms with van der Waals surface area (Å²) in [7, 11) is 0. The summed E-state index contributed by atoms with van der Waals surface area (Å²) in [5.74, 6) is 1.48. The molecule has 1 aromatic heterocycles. The van der Waals surface area contributed by atoms with E-state index in [9.17, 15) is 9.59 Å². The van der Waals surface area contributed by atoms with Crippen LogP contribution in [-0.4, -0.2) is 53.5 Å². The topological polar surface area (TPSA) is 72.0 Å². The van der Waals surface area contributed by atoms with E-state index < -0.39 is 5.60 Å². The SMILES string of the molecule is Cc1ccc(OCc2ccc(C(=O)N3CCCCC3)cc2C)c(-c2csc(N3CC4CCC(C3)C4C(=O)OC(C)(C)C)n2)c1. The molecular formula is C36H45N3O4S. The van der Waals surface area contributed by atoms with Crippen molar-refractivity contribution in [2.75, 3.05) is 31.1 Å². The number of esters is 1. The highest BCUT2D eigenvalue weighted by Gasteiger charge is 2.48. The number of piperidine rings is 2. The van der Waals surface area contributed by atoms with Gasteiger partial charge in [0.1, 0.15) is 18.0 Å². The van der Waals surface area contributed by atoms with Crippen molar-refractivity contribution >= 4 is 28.3 Å². The number of hydrogen-bond acceptors (Lipinski definition) is 7. The first-order chi connectivity index (χ1) is 21.1. The van der Waals surface area contributed by atoms with Crippen LogP contribution in [0.5, 0.6) is 5.75 Å². The van der Waals surface area contributed by atoms with Gasteiger partial charge in [-0.3, -0.25) is 9.59 Å². The van der Waals surface area contributed by atoms with E-state index in [1.54, 1.807) is 11.3 Å². The second-order valence-corrected chi connectivity index (χ2v) is 14.7. The number of rotatable bonds is 7. The Morgan fingerprint density at radius 2 is 1.70 bits per heavy atom. The first-order valence-electron chi connectivity index (χ1n) is 16.1. The molecule has 6 rings (SSSR count). The second-order valence-electron chi connectivity index (χ2n) is 13.9. The molecular weight excluding hydrogens is 570 g/mol. The lowest BCUT2D eigenvalue weighted by Gasteiger charge is -2.37. The molecule has 1 saturated carbocycles. The summed E-state index contributed by atoms with van der Waals surface area (Å²) in [4.78, 5) is 35.4. The minimum atomic E-state index is -0.459. The molecule has 44 heavy (non-hydrogen) atoms. The molecule has 1 amide bonds. The van der Waals surface area contributed by atoms with Crippen molar-refractivity contribution in [1.29, 1.82) is 0 Å². The molecule has 0 radical (unpaired) electrons. The third kappa shape index (κ3) is 6.65. The fraction of sp³-hybridized carbons (Fsp3) is 0.528. The number of nitrogens with zero attached hydrogens (tertiary/aromatic N) is 3. The number of aryl methyl sites for hydroxylation is 2. The van der Waals surface area contributed by atoms with E-state index >= 15 is 0 Å². The summed E-state index contributed by atoms with van der Waals surface area (Å²) >= 11 is 1.66. The summed E-state index contributed by atoms with van der Waals surface area (Å²) in [6.07, 6.45) is 5.50. The van der Waals surface area contributed by atoms with Gasteiger partial charge in [-0.1, -0.05) is 17.7 Å². The van der Waals surface area contributed by atoms with E-state index in [0.29, 0.717) is 18.4 Å². The van der Waals surface area contributed by atoms with Crippen LogP contribution in [0.2, 0.25) is 0 Å². The first-order valence-corrected chi connectivity index (χ1v) is 17.0. The maximum Gasteiger partial charge on any atom is 0.310 e. The van der Waals surface area contributed by atoms with Crippen LogP contribution in [-0.2, 0) is 16.1 Å². The summed E-state index contributed by atoms with van der Waals surface area (Å²) in [6, 6.07) is 12.2. The molecule has 3 aliphatic rings. The molecule has 2 saturated heterocycles. The van der Waals surface area contributed by atoms with Crippen LogP contribution in [0.3, 0.4) is 0 Å². The number of thiazole rings is 1. The van der Waals surface area contributed by atoms with Gasteiger partial charge in [0, 0.05) is 42.7 Å². The molecule has 3 aromatic rings. The Morgan fingerprint density at radius 1 is 0.977 bits per heavy atom. The zero-order valence-corrected chi connectivity index (χ0v) is 27.5. The van der Waals surface area contributed by atoms with Gasteiger partial charge >= 0.3 is 5.97 Å². The standard InChI is InChI=1S/C36H45N3O4S/c1-23-9-14-31(42-21-28-13-10-25(18-24(28)2)33(40)38-15-7-6-8-16-38)29(17-23)30-22-44-35(37-30)39-19-26-11-12-27(20-39)32(26)34(41)43-36(3,4)5/h9-10,13-14,17-18,22,26-27,32H,6-8,11-12,15-16,19-21H2,1-5H3. The Morgan fingerprint density at radius 3 is 2.39 bits per heavy atom. The zero-order chi connectivity index (χ0) is 31.0. The predicted molar refractivity (Wildman–Crippen MR) is 175 cm³/mol. The maximum atomic E-state index is 13.0. The van der Waals surface area contributed by atoms with Crippen LogP contribution in [0.15, 0.2) is 41.8 Å². The van der Waals surface area contributed by atoms with Crippen molar-refractivity contribution in [1.82, 2.24) is 9.88 Å². The Kier molecular flexibility index (Phi) is 8.73. The van der Waals surface area contributed by atoms with Gasteiger partial charge in [-0.25, -0.2) is 4.98 Å². The van der Waals surface area contributed by atoms with Crippen LogP contribution in [0.1, 0.15) is 79.9 Å². The van der Waals surface area contributed by atoms with Crippen molar-refractivity contribution in [3.63, 3.8) is 0 Å². The Balaban J connectivity index is 1.14. The fourth-order valence-electron chi connectivity index (χ4n) is 7.06. The van der Waals surface area contributed by atoms with Crippen molar-refractivity contribution in [2.45, 2.75) is 78.9 Å².